The first-order valence-corrected chi connectivity index (χ1v) is 9.59. The van der Waals surface area contributed by atoms with Crippen molar-refractivity contribution in [2.75, 3.05) is 39.8 Å². The van der Waals surface area contributed by atoms with Crippen LogP contribution in [0.2, 0.25) is 0 Å². The van der Waals surface area contributed by atoms with Crippen LogP contribution in [0.3, 0.4) is 0 Å². The van der Waals surface area contributed by atoms with Crippen molar-refractivity contribution in [3.8, 4) is 0 Å². The number of piperazine rings is 1. The van der Waals surface area contributed by atoms with Crippen molar-refractivity contribution in [1.29, 1.82) is 0 Å². The van der Waals surface area contributed by atoms with Gasteiger partial charge < -0.3 is 14.5 Å². The van der Waals surface area contributed by atoms with Crippen LogP contribution in [0.4, 0.5) is 0 Å². The Bertz CT molecular complexity index is 292. The Hall–Kier alpha value is -0.120. The maximum atomic E-state index is 5.97. The van der Waals surface area contributed by atoms with Gasteiger partial charge in [-0.2, -0.15) is 0 Å². The van der Waals surface area contributed by atoms with Gasteiger partial charge in [-0.1, -0.05) is 6.92 Å². The minimum absolute atomic E-state index is 0.393. The quantitative estimate of drug-likeness (QED) is 0.714. The molecule has 1 atom stereocenters. The molecule has 0 spiro atoms. The predicted molar refractivity (Wildman–Crippen MR) is 94.3 cm³/mol. The SMILES string of the molecule is CC(C)O[C@H]1CC[C@H](C[C@@H](C)CCN2CCN(C)CC2)CC1. The van der Waals surface area contributed by atoms with Crippen molar-refractivity contribution >= 4 is 0 Å². The molecule has 3 nitrogen and oxygen atoms in total. The zero-order valence-electron chi connectivity index (χ0n) is 15.4. The van der Waals surface area contributed by atoms with Crippen molar-refractivity contribution in [3.05, 3.63) is 0 Å². The average molecular weight is 311 g/mol. The lowest BCUT2D eigenvalue weighted by Gasteiger charge is -2.34. The van der Waals surface area contributed by atoms with Gasteiger partial charge in [-0.15, -0.1) is 0 Å². The molecular weight excluding hydrogens is 272 g/mol. The van der Waals surface area contributed by atoms with Gasteiger partial charge in [0, 0.05) is 26.2 Å². The molecule has 1 heterocycles. The fourth-order valence-corrected chi connectivity index (χ4v) is 4.05. The summed E-state index contributed by atoms with van der Waals surface area (Å²) in [6, 6.07) is 0. The summed E-state index contributed by atoms with van der Waals surface area (Å²) in [6.45, 7) is 13.1. The van der Waals surface area contributed by atoms with Crippen molar-refractivity contribution in [2.24, 2.45) is 11.8 Å². The van der Waals surface area contributed by atoms with Gasteiger partial charge in [0.2, 0.25) is 0 Å². The van der Waals surface area contributed by atoms with Crippen LogP contribution in [0, 0.1) is 11.8 Å². The Labute approximate surface area is 138 Å². The fraction of sp³-hybridized carbons (Fsp3) is 1.00. The minimum Gasteiger partial charge on any atom is -0.376 e. The first-order chi connectivity index (χ1) is 10.5. The van der Waals surface area contributed by atoms with Crippen molar-refractivity contribution < 1.29 is 4.74 Å². The van der Waals surface area contributed by atoms with Crippen LogP contribution in [0.25, 0.3) is 0 Å². The van der Waals surface area contributed by atoms with Gasteiger partial charge in [0.1, 0.15) is 0 Å². The van der Waals surface area contributed by atoms with Crippen LogP contribution < -0.4 is 0 Å². The van der Waals surface area contributed by atoms with Crippen LogP contribution in [0.5, 0.6) is 0 Å². The summed E-state index contributed by atoms with van der Waals surface area (Å²) in [7, 11) is 2.24. The Morgan fingerprint density at radius 3 is 2.18 bits per heavy atom. The summed E-state index contributed by atoms with van der Waals surface area (Å²) in [5, 5.41) is 0. The summed E-state index contributed by atoms with van der Waals surface area (Å²) < 4.78 is 5.97. The third-order valence-electron chi connectivity index (χ3n) is 5.53. The molecule has 0 aromatic rings. The van der Waals surface area contributed by atoms with Gasteiger partial charge in [0.25, 0.3) is 0 Å². The van der Waals surface area contributed by atoms with Crippen molar-refractivity contribution in [1.82, 2.24) is 9.80 Å². The van der Waals surface area contributed by atoms with E-state index in [1.54, 1.807) is 0 Å². The standard InChI is InChI=1S/C19H38N2O/c1-16(2)22-19-7-5-18(6-8-19)15-17(3)9-10-21-13-11-20(4)12-14-21/h16-19H,5-15H2,1-4H3/t17-,18-,19-/m0/s1. The molecular formula is C19H38N2O. The molecule has 1 saturated carbocycles. The number of likely N-dealkylation sites (N-methyl/N-ethyl adjacent to an activating group) is 1. The zero-order chi connectivity index (χ0) is 15.9. The molecule has 130 valence electrons. The van der Waals surface area contributed by atoms with Crippen LogP contribution in [-0.4, -0.2) is 61.8 Å². The van der Waals surface area contributed by atoms with Crippen LogP contribution >= 0.6 is 0 Å². The Balaban J connectivity index is 1.57. The molecule has 0 bridgehead atoms. The van der Waals surface area contributed by atoms with Gasteiger partial charge in [-0.05, 0) is 77.8 Å². The Kier molecular flexibility index (Phi) is 7.66. The van der Waals surface area contributed by atoms with Crippen LogP contribution in [-0.2, 0) is 4.74 Å². The number of hydrogen-bond acceptors (Lipinski definition) is 3. The monoisotopic (exact) mass is 310 g/mol. The summed E-state index contributed by atoms with van der Waals surface area (Å²) >= 11 is 0. The Morgan fingerprint density at radius 1 is 0.955 bits per heavy atom. The predicted octanol–water partition coefficient (Wildman–Crippen LogP) is 3.63. The summed E-state index contributed by atoms with van der Waals surface area (Å²) in [5.41, 5.74) is 0. The molecule has 0 N–H and O–H groups in total. The number of rotatable bonds is 7. The minimum atomic E-state index is 0.393. The molecule has 2 rings (SSSR count). The highest BCUT2D eigenvalue weighted by Crippen LogP contribution is 2.32. The molecule has 1 saturated heterocycles. The second-order valence-corrected chi connectivity index (χ2v) is 8.10. The molecule has 2 aliphatic rings. The van der Waals surface area contributed by atoms with E-state index in [4.69, 9.17) is 4.74 Å². The van der Waals surface area contributed by atoms with Crippen molar-refractivity contribution in [3.63, 3.8) is 0 Å². The maximum absolute atomic E-state index is 5.97. The molecule has 1 aliphatic carbocycles. The van der Waals surface area contributed by atoms with E-state index < -0.39 is 0 Å². The van der Waals surface area contributed by atoms with E-state index in [1.807, 2.05) is 0 Å². The first kappa shape index (κ1) is 18.2. The third kappa shape index (κ3) is 6.55. The average Bonchev–Trinajstić information content (AvgIpc) is 2.48. The van der Waals surface area contributed by atoms with E-state index in [1.165, 1.54) is 71.2 Å². The first-order valence-electron chi connectivity index (χ1n) is 9.59. The largest absolute Gasteiger partial charge is 0.376 e. The van der Waals surface area contributed by atoms with Gasteiger partial charge in [0.15, 0.2) is 0 Å². The van der Waals surface area contributed by atoms with E-state index in [0.717, 1.165) is 11.8 Å². The topological polar surface area (TPSA) is 15.7 Å². The Morgan fingerprint density at radius 2 is 1.59 bits per heavy atom. The molecule has 0 aromatic heterocycles. The highest BCUT2D eigenvalue weighted by atomic mass is 16.5. The molecule has 3 heteroatoms. The van der Waals surface area contributed by atoms with Crippen LogP contribution in [0.15, 0.2) is 0 Å². The summed E-state index contributed by atoms with van der Waals surface area (Å²) in [4.78, 5) is 5.10. The lowest BCUT2D eigenvalue weighted by molar-refractivity contribution is -0.0213. The summed E-state index contributed by atoms with van der Waals surface area (Å²) in [5.74, 6) is 1.83. The van der Waals surface area contributed by atoms with Gasteiger partial charge in [-0.3, -0.25) is 0 Å². The number of hydrogen-bond donors (Lipinski definition) is 0. The van der Waals surface area contributed by atoms with Gasteiger partial charge in [-0.25, -0.2) is 0 Å². The van der Waals surface area contributed by atoms with E-state index in [-0.39, 0.29) is 0 Å². The smallest absolute Gasteiger partial charge is 0.0578 e. The lowest BCUT2D eigenvalue weighted by Crippen LogP contribution is -2.44. The van der Waals surface area contributed by atoms with E-state index in [0.29, 0.717) is 12.2 Å². The lowest BCUT2D eigenvalue weighted by atomic mass is 9.81. The third-order valence-corrected chi connectivity index (χ3v) is 5.53. The molecule has 0 unspecified atom stereocenters. The van der Waals surface area contributed by atoms with E-state index >= 15 is 0 Å². The highest BCUT2D eigenvalue weighted by molar-refractivity contribution is 4.76. The highest BCUT2D eigenvalue weighted by Gasteiger charge is 2.24. The maximum Gasteiger partial charge on any atom is 0.0578 e. The van der Waals surface area contributed by atoms with Crippen molar-refractivity contribution in [2.45, 2.75) is 71.5 Å². The fourth-order valence-electron chi connectivity index (χ4n) is 4.05. The summed E-state index contributed by atoms with van der Waals surface area (Å²) in [6.07, 6.45) is 9.09. The molecule has 22 heavy (non-hydrogen) atoms. The number of ether oxygens (including phenoxy) is 1. The van der Waals surface area contributed by atoms with E-state index in [9.17, 15) is 0 Å². The van der Waals surface area contributed by atoms with E-state index in [2.05, 4.69) is 37.6 Å². The normalized spacial score (nSPS) is 29.9. The number of nitrogens with zero attached hydrogens (tertiary/aromatic N) is 2. The van der Waals surface area contributed by atoms with Gasteiger partial charge in [0.05, 0.1) is 12.2 Å². The second kappa shape index (κ2) is 9.24. The molecule has 2 fully saturated rings. The second-order valence-electron chi connectivity index (χ2n) is 8.10. The van der Waals surface area contributed by atoms with Gasteiger partial charge >= 0.3 is 0 Å². The molecule has 0 amide bonds. The molecule has 0 aromatic carbocycles. The van der Waals surface area contributed by atoms with Crippen LogP contribution in [0.1, 0.15) is 59.3 Å². The molecule has 1 aliphatic heterocycles. The molecule has 0 radical (unpaired) electrons. The zero-order valence-corrected chi connectivity index (χ0v) is 15.4.